The molecule has 1 aromatic carbocycles. The molecule has 0 amide bonds. The Kier molecular flexibility index (Phi) is 6.58. The van der Waals surface area contributed by atoms with Crippen molar-refractivity contribution < 1.29 is 4.74 Å². The molecule has 1 heteroatoms. The highest BCUT2D eigenvalue weighted by Gasteiger charge is 1.98. The molecule has 0 atom stereocenters. The topological polar surface area (TPSA) is 9.23 Å². The SMILES string of the molecule is C#CC#CC#CC#CC#COc1ccc(C(C)C)cc1. The van der Waals surface area contributed by atoms with E-state index in [9.17, 15) is 0 Å². The lowest BCUT2D eigenvalue weighted by Crippen LogP contribution is -1.87. The fourth-order valence-electron chi connectivity index (χ4n) is 1.22. The van der Waals surface area contributed by atoms with Crippen molar-refractivity contribution in [3.8, 4) is 65.6 Å². The van der Waals surface area contributed by atoms with Crippen molar-refractivity contribution in [1.82, 2.24) is 0 Å². The largest absolute Gasteiger partial charge is 0.407 e. The summed E-state index contributed by atoms with van der Waals surface area (Å²) in [5.74, 6) is 20.7. The second-order valence-electron chi connectivity index (χ2n) is 3.95. The Morgan fingerprint density at radius 2 is 1.40 bits per heavy atom. The molecule has 20 heavy (non-hydrogen) atoms. The first-order valence-electron chi connectivity index (χ1n) is 5.96. The maximum Gasteiger partial charge on any atom is 0.140 e. The normalized spacial score (nSPS) is 7.30. The number of terminal acetylenes is 1. The van der Waals surface area contributed by atoms with E-state index in [1.165, 1.54) is 5.56 Å². The van der Waals surface area contributed by atoms with Crippen molar-refractivity contribution in [1.29, 1.82) is 0 Å². The van der Waals surface area contributed by atoms with Crippen LogP contribution >= 0.6 is 0 Å². The van der Waals surface area contributed by atoms with Gasteiger partial charge in [-0.3, -0.25) is 0 Å². The number of ether oxygens (including phenoxy) is 1. The van der Waals surface area contributed by atoms with Gasteiger partial charge >= 0.3 is 0 Å². The van der Waals surface area contributed by atoms with Crippen LogP contribution in [0.4, 0.5) is 0 Å². The summed E-state index contributed by atoms with van der Waals surface area (Å²) in [5, 5.41) is 0. The lowest BCUT2D eigenvalue weighted by atomic mass is 10.0. The Morgan fingerprint density at radius 3 is 1.95 bits per heavy atom. The molecule has 0 fully saturated rings. The van der Waals surface area contributed by atoms with Gasteiger partial charge in [0.05, 0.1) is 0 Å². The standard InChI is InChI=1S/C19H12O/c1-4-5-6-7-8-9-10-11-16-20-19-14-12-18(13-15-19)17(2)3/h1,12-15,17H,2-3H3. The van der Waals surface area contributed by atoms with Crippen molar-refractivity contribution >= 4 is 0 Å². The smallest absolute Gasteiger partial charge is 0.140 e. The Hall–Kier alpha value is -3.18. The summed E-state index contributed by atoms with van der Waals surface area (Å²) in [5.41, 5.74) is 1.26. The van der Waals surface area contributed by atoms with Crippen LogP contribution in [0.15, 0.2) is 24.3 Å². The maximum atomic E-state index is 5.22. The number of hydrogen-bond acceptors (Lipinski definition) is 1. The molecule has 0 heterocycles. The van der Waals surface area contributed by atoms with E-state index in [4.69, 9.17) is 11.2 Å². The Labute approximate surface area is 120 Å². The summed E-state index contributed by atoms with van der Waals surface area (Å²) in [7, 11) is 0. The van der Waals surface area contributed by atoms with Crippen molar-refractivity contribution in [2.75, 3.05) is 0 Å². The molecular formula is C19H12O. The summed E-state index contributed by atoms with van der Waals surface area (Å²) in [6.07, 6.45) is 7.42. The van der Waals surface area contributed by atoms with Crippen LogP contribution in [0.25, 0.3) is 0 Å². The highest BCUT2D eigenvalue weighted by Crippen LogP contribution is 2.18. The average Bonchev–Trinajstić information content (AvgIpc) is 2.46. The molecule has 0 saturated carbocycles. The molecule has 1 aromatic rings. The monoisotopic (exact) mass is 256 g/mol. The molecule has 0 radical (unpaired) electrons. The Bertz CT molecular complexity index is 728. The predicted molar refractivity (Wildman–Crippen MR) is 81.1 cm³/mol. The molecule has 0 unspecified atom stereocenters. The molecule has 94 valence electrons. The van der Waals surface area contributed by atoms with E-state index in [2.05, 4.69) is 67.3 Å². The van der Waals surface area contributed by atoms with Gasteiger partial charge < -0.3 is 4.74 Å². The van der Waals surface area contributed by atoms with E-state index < -0.39 is 0 Å². The average molecular weight is 256 g/mol. The van der Waals surface area contributed by atoms with Gasteiger partial charge in [-0.25, -0.2) is 0 Å². The third-order valence-corrected chi connectivity index (χ3v) is 2.21. The third-order valence-electron chi connectivity index (χ3n) is 2.21. The summed E-state index contributed by atoms with van der Waals surface area (Å²) < 4.78 is 5.22. The van der Waals surface area contributed by atoms with E-state index in [1.807, 2.05) is 24.3 Å². The number of hydrogen-bond donors (Lipinski definition) is 0. The van der Waals surface area contributed by atoms with Crippen LogP contribution < -0.4 is 4.74 Å². The van der Waals surface area contributed by atoms with Crippen LogP contribution in [0.3, 0.4) is 0 Å². The molecule has 0 N–H and O–H groups in total. The summed E-state index contributed by atoms with van der Waals surface area (Å²) in [6, 6.07) is 7.80. The fraction of sp³-hybridized carbons (Fsp3) is 0.158. The zero-order valence-electron chi connectivity index (χ0n) is 11.4. The first-order valence-corrected chi connectivity index (χ1v) is 5.96. The van der Waals surface area contributed by atoms with Gasteiger partial charge in [0.2, 0.25) is 0 Å². The van der Waals surface area contributed by atoms with Crippen LogP contribution in [0.2, 0.25) is 0 Å². The summed E-state index contributed by atoms with van der Waals surface area (Å²) in [4.78, 5) is 0. The van der Waals surface area contributed by atoms with E-state index in [0.29, 0.717) is 11.7 Å². The maximum absolute atomic E-state index is 5.22. The van der Waals surface area contributed by atoms with Crippen molar-refractivity contribution in [2.24, 2.45) is 0 Å². The predicted octanol–water partition coefficient (Wildman–Crippen LogP) is 2.79. The minimum Gasteiger partial charge on any atom is -0.407 e. The third kappa shape index (κ3) is 5.95. The van der Waals surface area contributed by atoms with Gasteiger partial charge in [-0.15, -0.1) is 6.42 Å². The second kappa shape index (κ2) is 8.84. The zero-order valence-corrected chi connectivity index (χ0v) is 11.4. The van der Waals surface area contributed by atoms with Crippen molar-refractivity contribution in [3.63, 3.8) is 0 Å². The van der Waals surface area contributed by atoms with E-state index in [-0.39, 0.29) is 0 Å². The summed E-state index contributed by atoms with van der Waals surface area (Å²) in [6.45, 7) is 4.28. The molecule has 1 nitrogen and oxygen atoms in total. The number of rotatable bonds is 2. The lowest BCUT2D eigenvalue weighted by Gasteiger charge is -2.04. The van der Waals surface area contributed by atoms with Crippen molar-refractivity contribution in [3.05, 3.63) is 29.8 Å². The van der Waals surface area contributed by atoms with Crippen LogP contribution in [0.1, 0.15) is 25.3 Å². The highest BCUT2D eigenvalue weighted by molar-refractivity contribution is 5.42. The molecule has 0 aliphatic heterocycles. The molecule has 0 aliphatic carbocycles. The van der Waals surface area contributed by atoms with E-state index in [0.717, 1.165) is 0 Å². The highest BCUT2D eigenvalue weighted by atomic mass is 16.5. The minimum atomic E-state index is 0.497. The van der Waals surface area contributed by atoms with E-state index >= 15 is 0 Å². The van der Waals surface area contributed by atoms with Gasteiger partial charge in [0.1, 0.15) is 11.9 Å². The number of benzene rings is 1. The van der Waals surface area contributed by atoms with Crippen molar-refractivity contribution in [2.45, 2.75) is 19.8 Å². The van der Waals surface area contributed by atoms with E-state index in [1.54, 1.807) is 0 Å². The van der Waals surface area contributed by atoms with Gasteiger partial charge in [-0.2, -0.15) is 0 Å². The van der Waals surface area contributed by atoms with Crippen LogP contribution in [0.5, 0.6) is 5.75 Å². The summed E-state index contributed by atoms with van der Waals surface area (Å²) >= 11 is 0. The van der Waals surface area contributed by atoms with Crippen LogP contribution in [-0.4, -0.2) is 0 Å². The van der Waals surface area contributed by atoms with Crippen LogP contribution in [0, 0.1) is 59.9 Å². The zero-order chi connectivity index (χ0) is 14.6. The van der Waals surface area contributed by atoms with Crippen LogP contribution in [-0.2, 0) is 0 Å². The van der Waals surface area contributed by atoms with Gasteiger partial charge in [0, 0.05) is 23.7 Å². The minimum absolute atomic E-state index is 0.497. The molecule has 0 bridgehead atoms. The Morgan fingerprint density at radius 1 is 0.850 bits per heavy atom. The van der Waals surface area contributed by atoms with Gasteiger partial charge in [0.25, 0.3) is 0 Å². The first-order chi connectivity index (χ1) is 9.74. The lowest BCUT2D eigenvalue weighted by molar-refractivity contribution is 0.519. The molecule has 0 aromatic heterocycles. The van der Waals surface area contributed by atoms with Gasteiger partial charge in [-0.1, -0.05) is 26.0 Å². The molecular weight excluding hydrogens is 244 g/mol. The molecule has 0 spiro atoms. The molecule has 1 rings (SSSR count). The quantitative estimate of drug-likeness (QED) is 0.739. The molecule has 0 aliphatic rings. The Balaban J connectivity index is 2.52. The first kappa shape index (κ1) is 14.9. The molecule has 0 saturated heterocycles. The fourth-order valence-corrected chi connectivity index (χ4v) is 1.22. The van der Waals surface area contributed by atoms with Gasteiger partial charge in [-0.05, 0) is 47.3 Å². The van der Waals surface area contributed by atoms with Gasteiger partial charge in [0.15, 0.2) is 0 Å². The second-order valence-corrected chi connectivity index (χ2v) is 3.95.